The Bertz CT molecular complexity index is 812. The number of hydrogen-bond acceptors (Lipinski definition) is 2. The van der Waals surface area contributed by atoms with Crippen LogP contribution in [0, 0.1) is 11.3 Å². The second kappa shape index (κ2) is 6.15. The van der Waals surface area contributed by atoms with Crippen LogP contribution in [0.2, 0.25) is 0 Å². The fourth-order valence-electron chi connectivity index (χ4n) is 2.46. The summed E-state index contributed by atoms with van der Waals surface area (Å²) in [4.78, 5) is 0. The summed E-state index contributed by atoms with van der Waals surface area (Å²) in [5.74, 6) is 0.850. The highest BCUT2D eigenvalue weighted by Gasteiger charge is 2.04. The van der Waals surface area contributed by atoms with Crippen molar-refractivity contribution in [3.63, 3.8) is 0 Å². The molecular weight excluding hydrogens is 270 g/mol. The molecule has 0 radical (unpaired) electrons. The standard InChI is InChI=1S/C20H15NO/c1-22-19-12-10-16(11-13-19)15-6-8-17(9-7-15)20-5-3-2-4-18(20)14-21/h2-13H,1H3. The molecule has 0 N–H and O–H groups in total. The average Bonchev–Trinajstić information content (AvgIpc) is 2.62. The molecule has 0 aliphatic heterocycles. The Hall–Kier alpha value is -3.05. The van der Waals surface area contributed by atoms with Crippen molar-refractivity contribution in [3.05, 3.63) is 78.4 Å². The Morgan fingerprint density at radius 1 is 0.727 bits per heavy atom. The second-order valence-electron chi connectivity index (χ2n) is 4.96. The van der Waals surface area contributed by atoms with E-state index in [9.17, 15) is 5.26 Å². The first-order valence-corrected chi connectivity index (χ1v) is 7.06. The van der Waals surface area contributed by atoms with E-state index in [4.69, 9.17) is 4.74 Å². The SMILES string of the molecule is COc1ccc(-c2ccc(-c3ccccc3C#N)cc2)cc1. The third-order valence-electron chi connectivity index (χ3n) is 3.67. The van der Waals surface area contributed by atoms with E-state index in [-0.39, 0.29) is 0 Å². The lowest BCUT2D eigenvalue weighted by Crippen LogP contribution is -1.85. The molecule has 3 rings (SSSR count). The fraction of sp³-hybridized carbons (Fsp3) is 0.0500. The number of nitriles is 1. The Morgan fingerprint density at radius 2 is 1.27 bits per heavy atom. The van der Waals surface area contributed by atoms with Crippen molar-refractivity contribution in [2.45, 2.75) is 0 Å². The van der Waals surface area contributed by atoms with E-state index >= 15 is 0 Å². The smallest absolute Gasteiger partial charge is 0.118 e. The van der Waals surface area contributed by atoms with Crippen molar-refractivity contribution in [3.8, 4) is 34.1 Å². The summed E-state index contributed by atoms with van der Waals surface area (Å²) >= 11 is 0. The first kappa shape index (κ1) is 13.9. The van der Waals surface area contributed by atoms with Crippen LogP contribution in [0.15, 0.2) is 72.8 Å². The predicted octanol–water partition coefficient (Wildman–Crippen LogP) is 4.90. The molecule has 0 spiro atoms. The molecular formula is C20H15NO. The van der Waals surface area contributed by atoms with E-state index < -0.39 is 0 Å². The molecule has 2 nitrogen and oxygen atoms in total. The molecule has 0 aliphatic carbocycles. The van der Waals surface area contributed by atoms with Crippen molar-refractivity contribution in [1.82, 2.24) is 0 Å². The molecule has 2 heteroatoms. The minimum Gasteiger partial charge on any atom is -0.497 e. The zero-order chi connectivity index (χ0) is 15.4. The normalized spacial score (nSPS) is 10.0. The molecule has 0 saturated heterocycles. The maximum Gasteiger partial charge on any atom is 0.118 e. The highest BCUT2D eigenvalue weighted by molar-refractivity contribution is 5.74. The van der Waals surface area contributed by atoms with Gasteiger partial charge in [-0.3, -0.25) is 0 Å². The second-order valence-corrected chi connectivity index (χ2v) is 4.96. The topological polar surface area (TPSA) is 33.0 Å². The van der Waals surface area contributed by atoms with Gasteiger partial charge in [0.05, 0.1) is 18.7 Å². The lowest BCUT2D eigenvalue weighted by molar-refractivity contribution is 0.415. The monoisotopic (exact) mass is 285 g/mol. The van der Waals surface area contributed by atoms with Gasteiger partial charge in [0.2, 0.25) is 0 Å². The third-order valence-corrected chi connectivity index (χ3v) is 3.67. The molecule has 0 fully saturated rings. The third kappa shape index (κ3) is 2.70. The fourth-order valence-corrected chi connectivity index (χ4v) is 2.46. The Morgan fingerprint density at radius 3 is 1.86 bits per heavy atom. The lowest BCUT2D eigenvalue weighted by Gasteiger charge is -2.07. The van der Waals surface area contributed by atoms with Crippen LogP contribution in [-0.4, -0.2) is 7.11 Å². The number of nitrogens with zero attached hydrogens (tertiary/aromatic N) is 1. The molecule has 0 aliphatic rings. The molecule has 22 heavy (non-hydrogen) atoms. The van der Waals surface area contributed by atoms with E-state index in [1.54, 1.807) is 7.11 Å². The summed E-state index contributed by atoms with van der Waals surface area (Å²) in [7, 11) is 1.66. The van der Waals surface area contributed by atoms with E-state index in [0.29, 0.717) is 5.56 Å². The number of methoxy groups -OCH3 is 1. The van der Waals surface area contributed by atoms with Crippen molar-refractivity contribution in [1.29, 1.82) is 5.26 Å². The molecule has 0 unspecified atom stereocenters. The molecule has 3 aromatic carbocycles. The minimum atomic E-state index is 0.694. The first-order chi connectivity index (χ1) is 10.8. The molecule has 3 aromatic rings. The summed E-state index contributed by atoms with van der Waals surface area (Å²) in [6, 6.07) is 26.1. The van der Waals surface area contributed by atoms with Gasteiger partial charge in [-0.1, -0.05) is 54.6 Å². The average molecular weight is 285 g/mol. The van der Waals surface area contributed by atoms with Crippen LogP contribution in [0.1, 0.15) is 5.56 Å². The molecule has 106 valence electrons. The maximum absolute atomic E-state index is 9.20. The van der Waals surface area contributed by atoms with Gasteiger partial charge in [-0.25, -0.2) is 0 Å². The largest absolute Gasteiger partial charge is 0.497 e. The van der Waals surface area contributed by atoms with Gasteiger partial charge in [0.15, 0.2) is 0 Å². The van der Waals surface area contributed by atoms with Crippen molar-refractivity contribution >= 4 is 0 Å². The highest BCUT2D eigenvalue weighted by Crippen LogP contribution is 2.27. The Labute approximate surface area is 130 Å². The molecule has 0 atom stereocenters. The van der Waals surface area contributed by atoms with E-state index in [1.165, 1.54) is 0 Å². The van der Waals surface area contributed by atoms with Crippen LogP contribution < -0.4 is 4.74 Å². The van der Waals surface area contributed by atoms with Crippen LogP contribution in [0.5, 0.6) is 5.75 Å². The van der Waals surface area contributed by atoms with Crippen molar-refractivity contribution < 1.29 is 4.74 Å². The van der Waals surface area contributed by atoms with Gasteiger partial charge in [0.1, 0.15) is 5.75 Å². The first-order valence-electron chi connectivity index (χ1n) is 7.06. The van der Waals surface area contributed by atoms with Gasteiger partial charge < -0.3 is 4.74 Å². The zero-order valence-corrected chi connectivity index (χ0v) is 12.3. The van der Waals surface area contributed by atoms with Gasteiger partial charge in [-0.05, 0) is 40.5 Å². The number of rotatable bonds is 3. The van der Waals surface area contributed by atoms with Gasteiger partial charge in [0.25, 0.3) is 0 Å². The van der Waals surface area contributed by atoms with E-state index in [1.807, 2.05) is 48.5 Å². The van der Waals surface area contributed by atoms with Gasteiger partial charge >= 0.3 is 0 Å². The summed E-state index contributed by atoms with van der Waals surface area (Å²) in [6.45, 7) is 0. The summed E-state index contributed by atoms with van der Waals surface area (Å²) < 4.78 is 5.18. The van der Waals surface area contributed by atoms with E-state index in [2.05, 4.69) is 30.3 Å². The quantitative estimate of drug-likeness (QED) is 0.685. The number of ether oxygens (including phenoxy) is 1. The van der Waals surface area contributed by atoms with Crippen molar-refractivity contribution in [2.24, 2.45) is 0 Å². The highest BCUT2D eigenvalue weighted by atomic mass is 16.5. The van der Waals surface area contributed by atoms with Crippen LogP contribution in [-0.2, 0) is 0 Å². The van der Waals surface area contributed by atoms with Gasteiger partial charge in [-0.15, -0.1) is 0 Å². The summed E-state index contributed by atoms with van der Waals surface area (Å²) in [5, 5.41) is 9.20. The Balaban J connectivity index is 1.94. The molecule has 0 heterocycles. The summed E-state index contributed by atoms with van der Waals surface area (Å²) in [5.41, 5.74) is 4.99. The molecule has 0 amide bonds. The number of benzene rings is 3. The maximum atomic E-state index is 9.20. The molecule has 0 saturated carbocycles. The van der Waals surface area contributed by atoms with Crippen LogP contribution >= 0.6 is 0 Å². The van der Waals surface area contributed by atoms with Crippen molar-refractivity contribution in [2.75, 3.05) is 7.11 Å². The van der Waals surface area contributed by atoms with E-state index in [0.717, 1.165) is 28.0 Å². The number of hydrogen-bond donors (Lipinski definition) is 0. The lowest BCUT2D eigenvalue weighted by atomic mass is 9.97. The minimum absolute atomic E-state index is 0.694. The van der Waals surface area contributed by atoms with Crippen LogP contribution in [0.4, 0.5) is 0 Å². The molecule has 0 bridgehead atoms. The summed E-state index contributed by atoms with van der Waals surface area (Å²) in [6.07, 6.45) is 0. The van der Waals surface area contributed by atoms with Crippen LogP contribution in [0.3, 0.4) is 0 Å². The van der Waals surface area contributed by atoms with Gasteiger partial charge in [0, 0.05) is 0 Å². The molecule has 0 aromatic heterocycles. The Kier molecular flexibility index (Phi) is 3.89. The zero-order valence-electron chi connectivity index (χ0n) is 12.3. The predicted molar refractivity (Wildman–Crippen MR) is 88.6 cm³/mol. The van der Waals surface area contributed by atoms with Crippen LogP contribution in [0.25, 0.3) is 22.3 Å². The van der Waals surface area contributed by atoms with Gasteiger partial charge in [-0.2, -0.15) is 5.26 Å².